The van der Waals surface area contributed by atoms with E-state index in [1.165, 1.54) is 69.9 Å². The third kappa shape index (κ3) is 5.66. The Hall–Kier alpha value is -0.820. The van der Waals surface area contributed by atoms with E-state index in [1.54, 1.807) is 0 Å². The van der Waals surface area contributed by atoms with Crippen molar-refractivity contribution in [3.63, 3.8) is 0 Å². The van der Waals surface area contributed by atoms with Crippen LogP contribution in [0.3, 0.4) is 0 Å². The highest BCUT2D eigenvalue weighted by Crippen LogP contribution is 2.26. The van der Waals surface area contributed by atoms with Crippen LogP contribution >= 0.6 is 0 Å². The summed E-state index contributed by atoms with van der Waals surface area (Å²) in [7, 11) is 0. The van der Waals surface area contributed by atoms with Crippen molar-refractivity contribution in [1.29, 1.82) is 0 Å². The molecule has 2 rings (SSSR count). The summed E-state index contributed by atoms with van der Waals surface area (Å²) in [5.74, 6) is 1.01. The average Bonchev–Trinajstić information content (AvgIpc) is 2.71. The standard InChI is InChI=1S/C19H31N/c1-2-8-17-11-6-13-19(15-14-17)20-16-7-12-18-9-4-3-5-10-18/h3-5,9-10,17,19-20H,2,6-8,11-16H2,1H3. The van der Waals surface area contributed by atoms with Crippen LogP contribution in [0.25, 0.3) is 0 Å². The second-order valence-electron chi connectivity index (χ2n) is 6.40. The molecule has 0 bridgehead atoms. The fourth-order valence-electron chi connectivity index (χ4n) is 3.52. The molecule has 1 nitrogen and oxygen atoms in total. The van der Waals surface area contributed by atoms with Crippen LogP contribution in [-0.4, -0.2) is 12.6 Å². The van der Waals surface area contributed by atoms with Crippen molar-refractivity contribution < 1.29 is 0 Å². The van der Waals surface area contributed by atoms with Crippen LogP contribution in [0.1, 0.15) is 63.9 Å². The van der Waals surface area contributed by atoms with E-state index in [-0.39, 0.29) is 0 Å². The highest BCUT2D eigenvalue weighted by Gasteiger charge is 2.17. The number of hydrogen-bond acceptors (Lipinski definition) is 1. The molecule has 0 radical (unpaired) electrons. The Morgan fingerprint density at radius 1 is 1.05 bits per heavy atom. The fourth-order valence-corrected chi connectivity index (χ4v) is 3.52. The van der Waals surface area contributed by atoms with Gasteiger partial charge in [-0.2, -0.15) is 0 Å². The zero-order valence-corrected chi connectivity index (χ0v) is 13.1. The number of aryl methyl sites for hydroxylation is 1. The lowest BCUT2D eigenvalue weighted by molar-refractivity contribution is 0.409. The van der Waals surface area contributed by atoms with Crippen molar-refractivity contribution in [2.45, 2.75) is 70.8 Å². The van der Waals surface area contributed by atoms with Gasteiger partial charge in [-0.25, -0.2) is 0 Å². The van der Waals surface area contributed by atoms with Gasteiger partial charge in [0.05, 0.1) is 0 Å². The lowest BCUT2D eigenvalue weighted by Gasteiger charge is -2.16. The molecule has 0 spiro atoms. The maximum Gasteiger partial charge on any atom is 0.00671 e. The van der Waals surface area contributed by atoms with E-state index >= 15 is 0 Å². The van der Waals surface area contributed by atoms with Crippen LogP contribution in [0.4, 0.5) is 0 Å². The first-order valence-corrected chi connectivity index (χ1v) is 8.65. The van der Waals surface area contributed by atoms with E-state index < -0.39 is 0 Å². The second-order valence-corrected chi connectivity index (χ2v) is 6.40. The average molecular weight is 273 g/mol. The Kier molecular flexibility index (Phi) is 7.14. The van der Waals surface area contributed by atoms with E-state index in [9.17, 15) is 0 Å². The molecule has 0 saturated heterocycles. The lowest BCUT2D eigenvalue weighted by Crippen LogP contribution is -2.29. The van der Waals surface area contributed by atoms with Crippen LogP contribution in [0.5, 0.6) is 0 Å². The molecular formula is C19H31N. The summed E-state index contributed by atoms with van der Waals surface area (Å²) >= 11 is 0. The molecule has 1 fully saturated rings. The van der Waals surface area contributed by atoms with E-state index in [0.717, 1.165) is 12.0 Å². The van der Waals surface area contributed by atoms with Gasteiger partial charge in [-0.3, -0.25) is 0 Å². The van der Waals surface area contributed by atoms with Crippen LogP contribution in [0.2, 0.25) is 0 Å². The number of rotatable bonds is 7. The molecule has 0 aliphatic heterocycles. The Labute approximate surface area is 125 Å². The number of benzene rings is 1. The summed E-state index contributed by atoms with van der Waals surface area (Å²) in [4.78, 5) is 0. The molecule has 0 aromatic heterocycles. The second kappa shape index (κ2) is 9.18. The number of hydrogen-bond donors (Lipinski definition) is 1. The molecule has 1 N–H and O–H groups in total. The van der Waals surface area contributed by atoms with E-state index in [4.69, 9.17) is 0 Å². The van der Waals surface area contributed by atoms with Crippen molar-refractivity contribution in [1.82, 2.24) is 5.32 Å². The van der Waals surface area contributed by atoms with Crippen LogP contribution in [0, 0.1) is 5.92 Å². The Morgan fingerprint density at radius 2 is 1.90 bits per heavy atom. The van der Waals surface area contributed by atoms with Gasteiger partial charge in [0, 0.05) is 6.04 Å². The van der Waals surface area contributed by atoms with E-state index in [0.29, 0.717) is 0 Å². The predicted octanol–water partition coefficient (Wildman–Crippen LogP) is 4.96. The molecule has 1 aliphatic rings. The van der Waals surface area contributed by atoms with Gasteiger partial charge in [0.15, 0.2) is 0 Å². The molecule has 20 heavy (non-hydrogen) atoms. The maximum atomic E-state index is 3.79. The molecule has 0 amide bonds. The highest BCUT2D eigenvalue weighted by molar-refractivity contribution is 5.14. The van der Waals surface area contributed by atoms with Crippen molar-refractivity contribution >= 4 is 0 Å². The molecule has 1 aliphatic carbocycles. The quantitative estimate of drug-likeness (QED) is 0.547. The third-order valence-corrected chi connectivity index (χ3v) is 4.70. The van der Waals surface area contributed by atoms with Gasteiger partial charge >= 0.3 is 0 Å². The first-order valence-electron chi connectivity index (χ1n) is 8.65. The fraction of sp³-hybridized carbons (Fsp3) is 0.684. The summed E-state index contributed by atoms with van der Waals surface area (Å²) in [5, 5.41) is 3.79. The van der Waals surface area contributed by atoms with Gasteiger partial charge in [0.2, 0.25) is 0 Å². The third-order valence-electron chi connectivity index (χ3n) is 4.70. The maximum absolute atomic E-state index is 3.79. The monoisotopic (exact) mass is 273 g/mol. The van der Waals surface area contributed by atoms with E-state index in [1.807, 2.05) is 0 Å². The lowest BCUT2D eigenvalue weighted by atomic mass is 9.95. The van der Waals surface area contributed by atoms with Crippen molar-refractivity contribution in [2.24, 2.45) is 5.92 Å². The molecule has 2 atom stereocenters. The largest absolute Gasteiger partial charge is 0.314 e. The summed E-state index contributed by atoms with van der Waals surface area (Å²) in [6.45, 7) is 3.50. The Morgan fingerprint density at radius 3 is 2.70 bits per heavy atom. The molecule has 1 saturated carbocycles. The molecule has 2 unspecified atom stereocenters. The van der Waals surface area contributed by atoms with Gasteiger partial charge in [-0.1, -0.05) is 62.9 Å². The van der Waals surface area contributed by atoms with Crippen molar-refractivity contribution in [2.75, 3.05) is 6.54 Å². The Balaban J connectivity index is 1.60. The predicted molar refractivity (Wildman–Crippen MR) is 88.0 cm³/mol. The van der Waals surface area contributed by atoms with Gasteiger partial charge in [-0.15, -0.1) is 0 Å². The zero-order valence-electron chi connectivity index (χ0n) is 13.1. The molecule has 0 heterocycles. The minimum atomic E-state index is 0.785. The molecule has 112 valence electrons. The Bertz CT molecular complexity index is 346. The summed E-state index contributed by atoms with van der Waals surface area (Å²) in [6.07, 6.45) is 12.4. The first-order chi connectivity index (χ1) is 9.88. The smallest absolute Gasteiger partial charge is 0.00671 e. The normalized spacial score (nSPS) is 23.4. The zero-order chi connectivity index (χ0) is 14.0. The van der Waals surface area contributed by atoms with Gasteiger partial charge in [-0.05, 0) is 50.1 Å². The summed E-state index contributed by atoms with van der Waals surface area (Å²) in [6, 6.07) is 11.6. The molecule has 1 heteroatoms. The van der Waals surface area contributed by atoms with Crippen molar-refractivity contribution in [3.8, 4) is 0 Å². The van der Waals surface area contributed by atoms with Gasteiger partial charge in [0.25, 0.3) is 0 Å². The number of nitrogens with one attached hydrogen (secondary N) is 1. The highest BCUT2D eigenvalue weighted by atomic mass is 14.9. The molecule has 1 aromatic carbocycles. The molecular weight excluding hydrogens is 242 g/mol. The molecule has 1 aromatic rings. The summed E-state index contributed by atoms with van der Waals surface area (Å²) in [5.41, 5.74) is 1.47. The van der Waals surface area contributed by atoms with Crippen LogP contribution in [0.15, 0.2) is 30.3 Å². The van der Waals surface area contributed by atoms with Crippen LogP contribution < -0.4 is 5.32 Å². The minimum absolute atomic E-state index is 0.785. The SMILES string of the molecule is CCCC1CCCC(NCCCc2ccccc2)CC1. The first kappa shape index (κ1) is 15.6. The van der Waals surface area contributed by atoms with Gasteiger partial charge in [0.1, 0.15) is 0 Å². The van der Waals surface area contributed by atoms with E-state index in [2.05, 4.69) is 42.6 Å². The van der Waals surface area contributed by atoms with Gasteiger partial charge < -0.3 is 5.32 Å². The van der Waals surface area contributed by atoms with Crippen molar-refractivity contribution in [3.05, 3.63) is 35.9 Å². The van der Waals surface area contributed by atoms with Crippen LogP contribution in [-0.2, 0) is 6.42 Å². The topological polar surface area (TPSA) is 12.0 Å². The summed E-state index contributed by atoms with van der Waals surface area (Å²) < 4.78 is 0. The minimum Gasteiger partial charge on any atom is -0.314 e.